The molecule has 0 saturated heterocycles. The second-order valence-corrected chi connectivity index (χ2v) is 4.18. The van der Waals surface area contributed by atoms with Crippen LogP contribution in [0.1, 0.15) is 24.6 Å². The van der Waals surface area contributed by atoms with Crippen LogP contribution in [0.25, 0.3) is 0 Å². The highest BCUT2D eigenvalue weighted by Crippen LogP contribution is 2.08. The fourth-order valence-corrected chi connectivity index (χ4v) is 1.69. The summed E-state index contributed by atoms with van der Waals surface area (Å²) in [6, 6.07) is 6.71. The molecule has 1 aromatic carbocycles. The fraction of sp³-hybridized carbons (Fsp3) is 0.385. The summed E-state index contributed by atoms with van der Waals surface area (Å²) >= 11 is 0. The smallest absolute Gasteiger partial charge is 0.128 e. The second kappa shape index (κ2) is 6.26. The molecule has 1 N–H and O–H groups in total. The van der Waals surface area contributed by atoms with Crippen LogP contribution in [0.4, 0.5) is 4.39 Å². The van der Waals surface area contributed by atoms with Crippen LogP contribution in [-0.2, 0) is 13.1 Å². The number of halogens is 1. The molecule has 0 fully saturated rings. The molecule has 2 rings (SSSR count). The number of benzene rings is 1. The van der Waals surface area contributed by atoms with E-state index < -0.39 is 0 Å². The Morgan fingerprint density at radius 1 is 1.33 bits per heavy atom. The zero-order chi connectivity index (χ0) is 12.8. The number of rotatable bonds is 6. The van der Waals surface area contributed by atoms with Crippen molar-refractivity contribution in [3.63, 3.8) is 0 Å². The van der Waals surface area contributed by atoms with Crippen molar-refractivity contribution in [1.82, 2.24) is 20.3 Å². The Morgan fingerprint density at radius 2 is 2.17 bits per heavy atom. The molecule has 0 aliphatic heterocycles. The first-order chi connectivity index (χ1) is 8.79. The molecular formula is C13H17FN4. The Hall–Kier alpha value is -1.75. The highest BCUT2D eigenvalue weighted by Gasteiger charge is 2.04. The maximum atomic E-state index is 13.5. The van der Waals surface area contributed by atoms with Gasteiger partial charge in [-0.25, -0.2) is 9.07 Å². The second-order valence-electron chi connectivity index (χ2n) is 4.18. The largest absolute Gasteiger partial charge is 0.311 e. The minimum atomic E-state index is -0.210. The highest BCUT2D eigenvalue weighted by atomic mass is 19.1. The summed E-state index contributed by atoms with van der Waals surface area (Å²) < 4.78 is 15.1. The molecule has 0 atom stereocenters. The molecule has 0 aliphatic rings. The summed E-state index contributed by atoms with van der Waals surface area (Å²) in [6.45, 7) is 4.18. The quantitative estimate of drug-likeness (QED) is 0.795. The van der Waals surface area contributed by atoms with Gasteiger partial charge in [0, 0.05) is 12.1 Å². The molecule has 0 aliphatic carbocycles. The average Bonchev–Trinajstić information content (AvgIpc) is 2.80. The number of nitrogens with zero attached hydrogens (tertiary/aromatic N) is 3. The zero-order valence-corrected chi connectivity index (χ0v) is 10.4. The van der Waals surface area contributed by atoms with E-state index in [0.29, 0.717) is 18.7 Å². The van der Waals surface area contributed by atoms with E-state index in [-0.39, 0.29) is 5.82 Å². The molecule has 0 unspecified atom stereocenters. The van der Waals surface area contributed by atoms with E-state index in [1.165, 1.54) is 6.07 Å². The van der Waals surface area contributed by atoms with Crippen LogP contribution < -0.4 is 5.32 Å². The van der Waals surface area contributed by atoms with Gasteiger partial charge in [0.05, 0.1) is 18.4 Å². The van der Waals surface area contributed by atoms with Crippen molar-refractivity contribution in [2.24, 2.45) is 0 Å². The van der Waals surface area contributed by atoms with Crippen LogP contribution in [-0.4, -0.2) is 21.5 Å². The third-order valence-corrected chi connectivity index (χ3v) is 2.61. The van der Waals surface area contributed by atoms with E-state index in [1.807, 2.05) is 12.3 Å². The van der Waals surface area contributed by atoms with E-state index in [0.717, 1.165) is 18.7 Å². The van der Waals surface area contributed by atoms with E-state index in [2.05, 4.69) is 22.6 Å². The molecule has 18 heavy (non-hydrogen) atoms. The van der Waals surface area contributed by atoms with Crippen LogP contribution in [0.5, 0.6) is 0 Å². The lowest BCUT2D eigenvalue weighted by Gasteiger charge is -2.01. The molecule has 1 heterocycles. The van der Waals surface area contributed by atoms with Gasteiger partial charge >= 0.3 is 0 Å². The standard InChI is InChI=1S/C13H17FN4/c1-2-7-15-8-12-10-18(17-16-12)9-11-5-3-4-6-13(11)14/h3-6,10,15H,2,7-9H2,1H3. The van der Waals surface area contributed by atoms with Crippen molar-refractivity contribution in [1.29, 1.82) is 0 Å². The van der Waals surface area contributed by atoms with Crippen molar-refractivity contribution in [2.45, 2.75) is 26.4 Å². The maximum absolute atomic E-state index is 13.5. The summed E-state index contributed by atoms with van der Waals surface area (Å²) in [6.07, 6.45) is 2.93. The average molecular weight is 248 g/mol. The van der Waals surface area contributed by atoms with Gasteiger partial charge in [0.1, 0.15) is 5.82 Å². The van der Waals surface area contributed by atoms with Gasteiger partial charge in [-0.05, 0) is 19.0 Å². The van der Waals surface area contributed by atoms with Gasteiger partial charge in [-0.1, -0.05) is 30.3 Å². The summed E-state index contributed by atoms with van der Waals surface area (Å²) in [5, 5.41) is 11.3. The minimum absolute atomic E-state index is 0.210. The minimum Gasteiger partial charge on any atom is -0.311 e. The van der Waals surface area contributed by atoms with E-state index in [9.17, 15) is 4.39 Å². The topological polar surface area (TPSA) is 42.7 Å². The molecule has 0 amide bonds. The molecule has 1 aromatic heterocycles. The summed E-state index contributed by atoms with van der Waals surface area (Å²) in [7, 11) is 0. The van der Waals surface area contributed by atoms with Gasteiger partial charge in [0.2, 0.25) is 0 Å². The predicted octanol–water partition coefficient (Wildman–Crippen LogP) is 1.97. The number of hydrogen-bond donors (Lipinski definition) is 1. The van der Waals surface area contributed by atoms with Crippen LogP contribution in [0.15, 0.2) is 30.5 Å². The third-order valence-electron chi connectivity index (χ3n) is 2.61. The number of nitrogens with one attached hydrogen (secondary N) is 1. The molecule has 96 valence electrons. The van der Waals surface area contributed by atoms with Crippen molar-refractivity contribution >= 4 is 0 Å². The first-order valence-electron chi connectivity index (χ1n) is 6.12. The Labute approximate surface area is 106 Å². The SMILES string of the molecule is CCCNCc1cn(Cc2ccccc2F)nn1. The molecule has 2 aromatic rings. The third kappa shape index (κ3) is 3.37. The lowest BCUT2D eigenvalue weighted by Crippen LogP contribution is -2.13. The summed E-state index contributed by atoms with van der Waals surface area (Å²) in [4.78, 5) is 0. The Bertz CT molecular complexity index is 495. The maximum Gasteiger partial charge on any atom is 0.128 e. The van der Waals surface area contributed by atoms with Crippen LogP contribution in [0.3, 0.4) is 0 Å². The molecule has 5 heteroatoms. The fourth-order valence-electron chi connectivity index (χ4n) is 1.69. The predicted molar refractivity (Wildman–Crippen MR) is 67.5 cm³/mol. The monoisotopic (exact) mass is 248 g/mol. The molecule has 0 saturated carbocycles. The number of aromatic nitrogens is 3. The van der Waals surface area contributed by atoms with Crippen molar-refractivity contribution < 1.29 is 4.39 Å². The van der Waals surface area contributed by atoms with Crippen molar-refractivity contribution in [2.75, 3.05) is 6.54 Å². The molecule has 4 nitrogen and oxygen atoms in total. The van der Waals surface area contributed by atoms with Crippen molar-refractivity contribution in [3.05, 3.63) is 47.5 Å². The Kier molecular flexibility index (Phi) is 4.41. The van der Waals surface area contributed by atoms with Crippen LogP contribution in [0.2, 0.25) is 0 Å². The van der Waals surface area contributed by atoms with Gasteiger partial charge in [-0.15, -0.1) is 5.10 Å². The molecule has 0 radical (unpaired) electrons. The Morgan fingerprint density at radius 3 is 2.94 bits per heavy atom. The molecule has 0 spiro atoms. The van der Waals surface area contributed by atoms with Gasteiger partial charge in [-0.2, -0.15) is 0 Å². The van der Waals surface area contributed by atoms with Gasteiger partial charge in [0.15, 0.2) is 0 Å². The highest BCUT2D eigenvalue weighted by molar-refractivity contribution is 5.17. The van der Waals surface area contributed by atoms with Gasteiger partial charge < -0.3 is 5.32 Å². The van der Waals surface area contributed by atoms with E-state index in [4.69, 9.17) is 0 Å². The molecule has 0 bridgehead atoms. The number of hydrogen-bond acceptors (Lipinski definition) is 3. The summed E-state index contributed by atoms with van der Waals surface area (Å²) in [5.41, 5.74) is 1.50. The first kappa shape index (κ1) is 12.7. The lowest BCUT2D eigenvalue weighted by atomic mass is 10.2. The van der Waals surface area contributed by atoms with E-state index >= 15 is 0 Å². The van der Waals surface area contributed by atoms with Crippen LogP contribution >= 0.6 is 0 Å². The Balaban J connectivity index is 1.96. The molecular weight excluding hydrogens is 231 g/mol. The lowest BCUT2D eigenvalue weighted by molar-refractivity contribution is 0.577. The van der Waals surface area contributed by atoms with Crippen molar-refractivity contribution in [3.8, 4) is 0 Å². The van der Waals surface area contributed by atoms with Gasteiger partial charge in [-0.3, -0.25) is 0 Å². The van der Waals surface area contributed by atoms with Crippen LogP contribution in [0, 0.1) is 5.82 Å². The zero-order valence-electron chi connectivity index (χ0n) is 10.4. The van der Waals surface area contributed by atoms with E-state index in [1.54, 1.807) is 16.8 Å². The van der Waals surface area contributed by atoms with Gasteiger partial charge in [0.25, 0.3) is 0 Å². The first-order valence-corrected chi connectivity index (χ1v) is 6.12. The normalized spacial score (nSPS) is 10.8. The summed E-state index contributed by atoms with van der Waals surface area (Å²) in [5.74, 6) is -0.210.